The van der Waals surface area contributed by atoms with E-state index in [4.69, 9.17) is 0 Å². The van der Waals surface area contributed by atoms with Gasteiger partial charge in [-0.15, -0.1) is 0 Å². The van der Waals surface area contributed by atoms with Gasteiger partial charge in [0.25, 0.3) is 0 Å². The normalized spacial score (nSPS) is 32.3. The zero-order valence-electron chi connectivity index (χ0n) is 9.55. The number of carbonyl (C=O) groups excluding carboxylic acids is 1. The van der Waals surface area contributed by atoms with Gasteiger partial charge in [-0.25, -0.2) is 0 Å². The van der Waals surface area contributed by atoms with Crippen LogP contribution in [0.3, 0.4) is 0 Å². The average molecular weight is 195 g/mol. The fraction of sp³-hybridized carbons (Fsp3) is 0.917. The molecule has 0 aliphatic heterocycles. The van der Waals surface area contributed by atoms with Gasteiger partial charge in [-0.05, 0) is 31.7 Å². The fourth-order valence-electron chi connectivity index (χ4n) is 2.65. The zero-order chi connectivity index (χ0) is 10.3. The van der Waals surface area contributed by atoms with E-state index in [1.54, 1.807) is 0 Å². The summed E-state index contributed by atoms with van der Waals surface area (Å²) < 4.78 is 0. The third kappa shape index (κ3) is 1.85. The highest BCUT2D eigenvalue weighted by Gasteiger charge is 2.42. The van der Waals surface area contributed by atoms with Crippen molar-refractivity contribution in [3.63, 3.8) is 0 Å². The number of Topliss-reactive ketones (excluding diaryl/α,β-unsaturated/α-hetero) is 1. The third-order valence-electron chi connectivity index (χ3n) is 3.99. The molecule has 2 aliphatic carbocycles. The average Bonchev–Trinajstić information content (AvgIpc) is 2.91. The highest BCUT2D eigenvalue weighted by Crippen LogP contribution is 2.40. The summed E-state index contributed by atoms with van der Waals surface area (Å²) in [4.78, 5) is 13.9. The molecule has 80 valence electrons. The molecule has 2 heteroatoms. The molecule has 1 unspecified atom stereocenters. The Morgan fingerprint density at radius 2 is 2.00 bits per heavy atom. The first kappa shape index (κ1) is 10.2. The molecule has 0 heterocycles. The third-order valence-corrected chi connectivity index (χ3v) is 3.99. The Bertz CT molecular complexity index is 243. The van der Waals surface area contributed by atoms with E-state index >= 15 is 0 Å². The predicted octanol–water partition coefficient (Wildman–Crippen LogP) is 2.23. The van der Waals surface area contributed by atoms with Crippen LogP contribution in [-0.2, 0) is 4.79 Å². The predicted molar refractivity (Wildman–Crippen MR) is 57.2 cm³/mol. The molecule has 0 aromatic carbocycles. The molecule has 0 aromatic rings. The van der Waals surface area contributed by atoms with Gasteiger partial charge in [-0.2, -0.15) is 0 Å². The van der Waals surface area contributed by atoms with Gasteiger partial charge in [0, 0.05) is 24.9 Å². The van der Waals surface area contributed by atoms with Crippen LogP contribution in [0.1, 0.15) is 46.0 Å². The zero-order valence-corrected chi connectivity index (χ0v) is 9.55. The maximum atomic E-state index is 11.5. The van der Waals surface area contributed by atoms with Crippen LogP contribution >= 0.6 is 0 Å². The summed E-state index contributed by atoms with van der Waals surface area (Å²) in [5, 5.41) is 0. The lowest BCUT2D eigenvalue weighted by Gasteiger charge is -2.43. The SMILES string of the molecule is CN(C1CC1)C1CC(=O)CCC1(C)C. The van der Waals surface area contributed by atoms with Crippen LogP contribution < -0.4 is 0 Å². The second kappa shape index (κ2) is 3.34. The molecule has 0 aromatic heterocycles. The first-order chi connectivity index (χ1) is 6.50. The Hall–Kier alpha value is -0.370. The Morgan fingerprint density at radius 3 is 2.57 bits per heavy atom. The molecule has 2 fully saturated rings. The summed E-state index contributed by atoms with van der Waals surface area (Å²) in [5.41, 5.74) is 0.325. The lowest BCUT2D eigenvalue weighted by Crippen LogP contribution is -2.48. The van der Waals surface area contributed by atoms with E-state index < -0.39 is 0 Å². The van der Waals surface area contributed by atoms with Crippen molar-refractivity contribution < 1.29 is 4.79 Å². The van der Waals surface area contributed by atoms with Crippen molar-refractivity contribution in [2.24, 2.45) is 5.41 Å². The summed E-state index contributed by atoms with van der Waals surface area (Å²) >= 11 is 0. The monoisotopic (exact) mass is 195 g/mol. The van der Waals surface area contributed by atoms with Gasteiger partial charge in [-0.1, -0.05) is 13.8 Å². The van der Waals surface area contributed by atoms with Gasteiger partial charge in [0.05, 0.1) is 0 Å². The number of nitrogens with zero attached hydrogens (tertiary/aromatic N) is 1. The van der Waals surface area contributed by atoms with Gasteiger partial charge in [0.1, 0.15) is 5.78 Å². The molecule has 0 bridgehead atoms. The first-order valence-electron chi connectivity index (χ1n) is 5.74. The van der Waals surface area contributed by atoms with E-state index in [1.165, 1.54) is 12.8 Å². The highest BCUT2D eigenvalue weighted by atomic mass is 16.1. The Kier molecular flexibility index (Phi) is 2.42. The number of rotatable bonds is 2. The van der Waals surface area contributed by atoms with Gasteiger partial charge in [0.15, 0.2) is 0 Å². The summed E-state index contributed by atoms with van der Waals surface area (Å²) in [7, 11) is 2.20. The van der Waals surface area contributed by atoms with Crippen molar-refractivity contribution in [1.82, 2.24) is 4.90 Å². The van der Waals surface area contributed by atoms with Crippen molar-refractivity contribution in [2.75, 3.05) is 7.05 Å². The minimum absolute atomic E-state index is 0.325. The maximum absolute atomic E-state index is 11.5. The van der Waals surface area contributed by atoms with Crippen LogP contribution in [0.4, 0.5) is 0 Å². The molecule has 0 spiro atoms. The lowest BCUT2D eigenvalue weighted by atomic mass is 9.72. The molecular formula is C12H21NO. The fourth-order valence-corrected chi connectivity index (χ4v) is 2.65. The van der Waals surface area contributed by atoms with Crippen molar-refractivity contribution in [3.05, 3.63) is 0 Å². The van der Waals surface area contributed by atoms with E-state index in [1.807, 2.05) is 0 Å². The van der Waals surface area contributed by atoms with Crippen molar-refractivity contribution in [3.8, 4) is 0 Å². The van der Waals surface area contributed by atoms with Crippen molar-refractivity contribution in [1.29, 1.82) is 0 Å². The summed E-state index contributed by atoms with van der Waals surface area (Å²) in [6.07, 6.45) is 5.30. The number of carbonyl (C=O) groups is 1. The molecule has 2 nitrogen and oxygen atoms in total. The largest absolute Gasteiger partial charge is 0.300 e. The summed E-state index contributed by atoms with van der Waals surface area (Å²) in [5.74, 6) is 0.460. The molecule has 0 N–H and O–H groups in total. The van der Waals surface area contributed by atoms with Crippen LogP contribution in [0.2, 0.25) is 0 Å². The summed E-state index contributed by atoms with van der Waals surface area (Å²) in [6, 6.07) is 1.25. The van der Waals surface area contributed by atoms with Crippen LogP contribution in [0.25, 0.3) is 0 Å². The first-order valence-corrected chi connectivity index (χ1v) is 5.74. The molecule has 2 aliphatic rings. The van der Waals surface area contributed by atoms with Crippen LogP contribution in [-0.4, -0.2) is 29.8 Å². The van der Waals surface area contributed by atoms with Crippen molar-refractivity contribution >= 4 is 5.78 Å². The molecular weight excluding hydrogens is 174 g/mol. The second-order valence-electron chi connectivity index (χ2n) is 5.64. The lowest BCUT2D eigenvalue weighted by molar-refractivity contribution is -0.125. The minimum Gasteiger partial charge on any atom is -0.300 e. The Balaban J connectivity index is 2.08. The number of hydrogen-bond acceptors (Lipinski definition) is 2. The van der Waals surface area contributed by atoms with E-state index in [0.717, 1.165) is 25.3 Å². The van der Waals surface area contributed by atoms with Gasteiger partial charge >= 0.3 is 0 Å². The topological polar surface area (TPSA) is 20.3 Å². The van der Waals surface area contributed by atoms with E-state index in [2.05, 4.69) is 25.8 Å². The molecule has 0 saturated heterocycles. The molecule has 1 atom stereocenters. The molecule has 0 radical (unpaired) electrons. The van der Waals surface area contributed by atoms with Crippen LogP contribution in [0.5, 0.6) is 0 Å². The van der Waals surface area contributed by atoms with Crippen molar-refractivity contribution in [2.45, 2.75) is 58.0 Å². The standard InChI is InChI=1S/C12H21NO/c1-12(2)7-6-10(14)8-11(12)13(3)9-4-5-9/h9,11H,4-8H2,1-3H3. The van der Waals surface area contributed by atoms with E-state index in [9.17, 15) is 4.79 Å². The number of hydrogen-bond donors (Lipinski definition) is 0. The second-order valence-corrected chi connectivity index (χ2v) is 5.64. The quantitative estimate of drug-likeness (QED) is 0.673. The van der Waals surface area contributed by atoms with E-state index in [-0.39, 0.29) is 0 Å². The maximum Gasteiger partial charge on any atom is 0.134 e. The van der Waals surface area contributed by atoms with Crippen LogP contribution in [0, 0.1) is 5.41 Å². The highest BCUT2D eigenvalue weighted by molar-refractivity contribution is 5.80. The van der Waals surface area contributed by atoms with Gasteiger partial charge in [-0.3, -0.25) is 9.69 Å². The van der Waals surface area contributed by atoms with Crippen LogP contribution in [0.15, 0.2) is 0 Å². The van der Waals surface area contributed by atoms with Gasteiger partial charge in [0.2, 0.25) is 0 Å². The molecule has 2 rings (SSSR count). The Labute approximate surface area is 86.7 Å². The van der Waals surface area contributed by atoms with E-state index in [0.29, 0.717) is 17.2 Å². The van der Waals surface area contributed by atoms with Gasteiger partial charge < -0.3 is 0 Å². The minimum atomic E-state index is 0.325. The smallest absolute Gasteiger partial charge is 0.134 e. The molecule has 2 saturated carbocycles. The molecule has 0 amide bonds. The Morgan fingerprint density at radius 1 is 1.36 bits per heavy atom. The number of ketones is 1. The summed E-state index contributed by atoms with van der Waals surface area (Å²) in [6.45, 7) is 4.62. The molecule has 14 heavy (non-hydrogen) atoms.